The second kappa shape index (κ2) is 8.82. The lowest BCUT2D eigenvalue weighted by molar-refractivity contribution is 1.25. The molecule has 0 rings (SSSR count). The fourth-order valence-electron chi connectivity index (χ4n) is 0.531. The molecule has 0 radical (unpaired) electrons. The molecule has 0 saturated heterocycles. The number of rotatable bonds is 5. The number of nitrogens with one attached hydrogen (secondary N) is 1. The molecule has 0 aliphatic rings. The molecule has 0 heterocycles. The molecule has 0 saturated carbocycles. The molecule has 0 aliphatic heterocycles. The van der Waals surface area contributed by atoms with E-state index in [2.05, 4.69) is 4.99 Å². The normalized spacial score (nSPS) is 12.1. The van der Waals surface area contributed by atoms with Gasteiger partial charge >= 0.3 is 0 Å². The standard InChI is InChI=1S/C9H14N2/c1-2-11-9-7-5-3-4-6-8-10/h2-5,7-8,10H,6,9H2,1H3/b4-3-,7-5-,10-8?,11-2?. The summed E-state index contributed by atoms with van der Waals surface area (Å²) in [6.07, 6.45) is 11.6. The largest absolute Gasteiger partial charge is 0.313 e. The minimum absolute atomic E-state index is 0.710. The smallest absolute Gasteiger partial charge is 0.0569 e. The van der Waals surface area contributed by atoms with Gasteiger partial charge in [-0.1, -0.05) is 24.3 Å². The predicted octanol–water partition coefficient (Wildman–Crippen LogP) is 2.23. The van der Waals surface area contributed by atoms with E-state index >= 15 is 0 Å². The van der Waals surface area contributed by atoms with Crippen molar-refractivity contribution in [2.24, 2.45) is 4.99 Å². The number of hydrogen-bond acceptors (Lipinski definition) is 2. The van der Waals surface area contributed by atoms with Gasteiger partial charge in [-0.3, -0.25) is 4.99 Å². The first kappa shape index (κ1) is 9.82. The van der Waals surface area contributed by atoms with Crippen LogP contribution in [-0.4, -0.2) is 19.0 Å². The van der Waals surface area contributed by atoms with Gasteiger partial charge in [-0.25, -0.2) is 0 Å². The third-order valence-corrected chi connectivity index (χ3v) is 1.03. The van der Waals surface area contributed by atoms with Crippen molar-refractivity contribution in [1.29, 1.82) is 5.41 Å². The summed E-state index contributed by atoms with van der Waals surface area (Å²) in [5, 5.41) is 6.73. The van der Waals surface area contributed by atoms with E-state index in [-0.39, 0.29) is 0 Å². The highest BCUT2D eigenvalue weighted by molar-refractivity contribution is 5.55. The van der Waals surface area contributed by atoms with Crippen LogP contribution in [0, 0.1) is 5.41 Å². The maximum Gasteiger partial charge on any atom is 0.0569 e. The van der Waals surface area contributed by atoms with Gasteiger partial charge in [0.2, 0.25) is 0 Å². The molecular weight excluding hydrogens is 136 g/mol. The Hall–Kier alpha value is -1.18. The van der Waals surface area contributed by atoms with Crippen molar-refractivity contribution in [2.45, 2.75) is 13.3 Å². The lowest BCUT2D eigenvalue weighted by Gasteiger charge is -1.78. The minimum atomic E-state index is 0.710. The minimum Gasteiger partial charge on any atom is -0.313 e. The summed E-state index contributed by atoms with van der Waals surface area (Å²) in [6.45, 7) is 2.64. The highest BCUT2D eigenvalue weighted by Crippen LogP contribution is 1.81. The molecule has 0 aliphatic carbocycles. The molecule has 2 nitrogen and oxygen atoms in total. The highest BCUT2D eigenvalue weighted by atomic mass is 14.7. The van der Waals surface area contributed by atoms with E-state index in [0.717, 1.165) is 6.54 Å². The molecular formula is C9H14N2. The SMILES string of the molecule is CC=NC/C=C\C=C/CC=N. The Balaban J connectivity index is 3.35. The topological polar surface area (TPSA) is 36.2 Å². The monoisotopic (exact) mass is 150 g/mol. The summed E-state index contributed by atoms with van der Waals surface area (Å²) in [6, 6.07) is 0. The van der Waals surface area contributed by atoms with E-state index in [1.54, 1.807) is 6.21 Å². The molecule has 0 amide bonds. The molecule has 60 valence electrons. The summed E-state index contributed by atoms with van der Waals surface area (Å²) in [5.74, 6) is 0. The van der Waals surface area contributed by atoms with Crippen molar-refractivity contribution >= 4 is 12.4 Å². The van der Waals surface area contributed by atoms with Gasteiger partial charge in [-0.05, 0) is 19.4 Å². The third-order valence-electron chi connectivity index (χ3n) is 1.03. The molecule has 1 N–H and O–H groups in total. The second-order valence-corrected chi connectivity index (χ2v) is 1.92. The summed E-state index contributed by atoms with van der Waals surface area (Å²) < 4.78 is 0. The van der Waals surface area contributed by atoms with Crippen LogP contribution < -0.4 is 0 Å². The molecule has 0 bridgehead atoms. The molecule has 0 unspecified atom stereocenters. The molecule has 0 fully saturated rings. The Kier molecular flexibility index (Phi) is 7.87. The van der Waals surface area contributed by atoms with Gasteiger partial charge in [-0.2, -0.15) is 0 Å². The van der Waals surface area contributed by atoms with Gasteiger partial charge in [0.25, 0.3) is 0 Å². The maximum absolute atomic E-state index is 6.73. The number of hydrogen-bond donors (Lipinski definition) is 1. The Labute approximate surface area is 67.9 Å². The lowest BCUT2D eigenvalue weighted by atomic mass is 10.4. The molecule has 0 atom stereocenters. The Bertz CT molecular complexity index is 166. The fraction of sp³-hybridized carbons (Fsp3) is 0.333. The van der Waals surface area contributed by atoms with Gasteiger partial charge in [0.15, 0.2) is 0 Å². The van der Waals surface area contributed by atoms with Crippen LogP contribution in [0.1, 0.15) is 13.3 Å². The average molecular weight is 150 g/mol. The summed E-state index contributed by atoms with van der Waals surface area (Å²) in [7, 11) is 0. The first-order valence-electron chi connectivity index (χ1n) is 3.67. The van der Waals surface area contributed by atoms with Gasteiger partial charge in [0.1, 0.15) is 0 Å². The van der Waals surface area contributed by atoms with Crippen molar-refractivity contribution in [1.82, 2.24) is 0 Å². The van der Waals surface area contributed by atoms with Gasteiger partial charge in [0.05, 0.1) is 6.54 Å². The van der Waals surface area contributed by atoms with E-state index in [1.165, 1.54) is 6.21 Å². The van der Waals surface area contributed by atoms with Crippen molar-refractivity contribution in [3.05, 3.63) is 24.3 Å². The molecule has 2 heteroatoms. The van der Waals surface area contributed by atoms with E-state index in [0.29, 0.717) is 6.42 Å². The van der Waals surface area contributed by atoms with E-state index < -0.39 is 0 Å². The zero-order valence-corrected chi connectivity index (χ0v) is 6.83. The Morgan fingerprint density at radius 2 is 2.00 bits per heavy atom. The van der Waals surface area contributed by atoms with Crippen molar-refractivity contribution in [3.8, 4) is 0 Å². The summed E-state index contributed by atoms with van der Waals surface area (Å²) in [4.78, 5) is 4.00. The van der Waals surface area contributed by atoms with Crippen LogP contribution in [0.15, 0.2) is 29.3 Å². The van der Waals surface area contributed by atoms with Crippen LogP contribution in [0.3, 0.4) is 0 Å². The zero-order chi connectivity index (χ0) is 8.36. The van der Waals surface area contributed by atoms with Crippen LogP contribution >= 0.6 is 0 Å². The predicted molar refractivity (Wildman–Crippen MR) is 50.7 cm³/mol. The summed E-state index contributed by atoms with van der Waals surface area (Å²) in [5.41, 5.74) is 0. The van der Waals surface area contributed by atoms with Gasteiger partial charge in [0, 0.05) is 6.42 Å². The van der Waals surface area contributed by atoms with E-state index in [4.69, 9.17) is 5.41 Å². The summed E-state index contributed by atoms with van der Waals surface area (Å²) >= 11 is 0. The van der Waals surface area contributed by atoms with Crippen LogP contribution in [0.2, 0.25) is 0 Å². The lowest BCUT2D eigenvalue weighted by Crippen LogP contribution is -1.70. The molecule has 0 spiro atoms. The fourth-order valence-corrected chi connectivity index (χ4v) is 0.531. The molecule has 11 heavy (non-hydrogen) atoms. The number of allylic oxidation sites excluding steroid dienone is 3. The van der Waals surface area contributed by atoms with Gasteiger partial charge in [-0.15, -0.1) is 0 Å². The van der Waals surface area contributed by atoms with Crippen LogP contribution in [-0.2, 0) is 0 Å². The van der Waals surface area contributed by atoms with Crippen molar-refractivity contribution in [2.75, 3.05) is 6.54 Å². The average Bonchev–Trinajstić information content (AvgIpc) is 2.03. The first-order chi connectivity index (χ1) is 5.41. The number of aliphatic imine (C=N–C) groups is 1. The highest BCUT2D eigenvalue weighted by Gasteiger charge is 1.67. The van der Waals surface area contributed by atoms with Gasteiger partial charge < -0.3 is 5.41 Å². The van der Waals surface area contributed by atoms with E-state index in [9.17, 15) is 0 Å². The van der Waals surface area contributed by atoms with Crippen LogP contribution in [0.4, 0.5) is 0 Å². The quantitative estimate of drug-likeness (QED) is 0.461. The number of nitrogens with zero attached hydrogens (tertiary/aromatic N) is 1. The van der Waals surface area contributed by atoms with Crippen molar-refractivity contribution < 1.29 is 0 Å². The van der Waals surface area contributed by atoms with Crippen LogP contribution in [0.5, 0.6) is 0 Å². The molecule has 0 aromatic heterocycles. The van der Waals surface area contributed by atoms with Crippen molar-refractivity contribution in [3.63, 3.8) is 0 Å². The van der Waals surface area contributed by atoms with Crippen LogP contribution in [0.25, 0.3) is 0 Å². The first-order valence-corrected chi connectivity index (χ1v) is 3.67. The molecule has 0 aromatic carbocycles. The zero-order valence-electron chi connectivity index (χ0n) is 6.83. The van der Waals surface area contributed by atoms with E-state index in [1.807, 2.05) is 31.2 Å². The third kappa shape index (κ3) is 8.82. The Morgan fingerprint density at radius 1 is 1.27 bits per heavy atom. The maximum atomic E-state index is 6.73. The second-order valence-electron chi connectivity index (χ2n) is 1.92. The molecule has 0 aromatic rings. The Morgan fingerprint density at radius 3 is 2.64 bits per heavy atom.